The van der Waals surface area contributed by atoms with Gasteiger partial charge in [-0.15, -0.1) is 0 Å². The topological polar surface area (TPSA) is 36.9 Å². The molecule has 0 aromatic rings. The van der Waals surface area contributed by atoms with E-state index in [-0.39, 0.29) is 0 Å². The van der Waals surface area contributed by atoms with Crippen molar-refractivity contribution in [3.05, 3.63) is 0 Å². The van der Waals surface area contributed by atoms with Gasteiger partial charge in [0, 0.05) is 25.7 Å². The molecule has 0 aromatic heterocycles. The fraction of sp³-hybridized carbons (Fsp3) is 1.00. The summed E-state index contributed by atoms with van der Waals surface area (Å²) in [5.74, 6) is -20.4. The van der Waals surface area contributed by atoms with Crippen molar-refractivity contribution in [2.75, 3.05) is 0 Å². The van der Waals surface area contributed by atoms with E-state index in [0.717, 1.165) is 32.7 Å². The van der Waals surface area contributed by atoms with E-state index >= 15 is 0 Å². The molecule has 0 amide bonds. The SMILES string of the molecule is C[Si](C)(CCC(F)(F)C(F)(F)C(F)(F)C(F)(F)F)O[Si](C)(CCC(F)(F)F)O[Si](C)(CCC(F)(F)F)O[Si](C)(CCC(F)(F)F)O[Si](Cl)(Cl)Cl. The predicted molar refractivity (Wildman–Crippen MR) is 157 cm³/mol. The largest absolute Gasteiger partial charge is 0.485 e. The summed E-state index contributed by atoms with van der Waals surface area (Å²) in [5.41, 5.74) is 0. The molecule has 4 nitrogen and oxygen atoms in total. The van der Waals surface area contributed by atoms with Crippen LogP contribution in [0.1, 0.15) is 25.7 Å². The van der Waals surface area contributed by atoms with E-state index in [2.05, 4.69) is 0 Å². The zero-order valence-electron chi connectivity index (χ0n) is 26.2. The van der Waals surface area contributed by atoms with Gasteiger partial charge in [0.25, 0.3) is 0 Å². The smallest absolute Gasteiger partial charge is 0.436 e. The summed E-state index contributed by atoms with van der Waals surface area (Å²) in [7, 11) is -18.6. The molecule has 50 heavy (non-hydrogen) atoms. The summed E-state index contributed by atoms with van der Waals surface area (Å²) in [6.45, 7) is 4.02. The molecule has 0 aliphatic rings. The Bertz CT molecular complexity index is 1110. The van der Waals surface area contributed by atoms with Gasteiger partial charge in [-0.2, -0.15) is 79.0 Å². The van der Waals surface area contributed by atoms with Crippen LogP contribution in [-0.4, -0.2) is 82.7 Å². The molecule has 0 N–H and O–H groups in total. The van der Waals surface area contributed by atoms with Crippen molar-refractivity contribution in [2.24, 2.45) is 0 Å². The first-order valence-corrected chi connectivity index (χ1v) is 29.3. The average molecular weight is 924 g/mol. The zero-order valence-corrected chi connectivity index (χ0v) is 33.5. The highest BCUT2D eigenvalue weighted by molar-refractivity contribution is 7.62. The number of halogens is 21. The first-order valence-electron chi connectivity index (χ1n) is 13.7. The minimum absolute atomic E-state index is 0.749. The normalized spacial score (nSPS) is 18.8. The maximum absolute atomic E-state index is 14.3. The van der Waals surface area contributed by atoms with Crippen molar-refractivity contribution < 1.29 is 95.5 Å². The molecule has 0 aromatic carbocycles. The molecule has 0 fully saturated rings. The van der Waals surface area contributed by atoms with Crippen LogP contribution in [0.5, 0.6) is 0 Å². The molecule has 0 spiro atoms. The van der Waals surface area contributed by atoms with Crippen molar-refractivity contribution in [3.8, 4) is 0 Å². The van der Waals surface area contributed by atoms with Crippen molar-refractivity contribution in [3.63, 3.8) is 0 Å². The van der Waals surface area contributed by atoms with E-state index in [1.807, 2.05) is 0 Å². The highest BCUT2D eigenvalue weighted by Gasteiger charge is 2.81. The van der Waals surface area contributed by atoms with Crippen LogP contribution in [0.2, 0.25) is 56.9 Å². The molecule has 0 aliphatic heterocycles. The van der Waals surface area contributed by atoms with Gasteiger partial charge in [-0.25, -0.2) is 0 Å². The Kier molecular flexibility index (Phi) is 16.5. The number of alkyl halides is 18. The molecule has 0 saturated heterocycles. The van der Waals surface area contributed by atoms with Gasteiger partial charge < -0.3 is 16.5 Å². The molecular formula is C20H31Cl3F18O4Si5. The second-order valence-corrected chi connectivity index (χ2v) is 35.2. The van der Waals surface area contributed by atoms with Crippen LogP contribution in [0.15, 0.2) is 0 Å². The van der Waals surface area contributed by atoms with Gasteiger partial charge in [0.1, 0.15) is 0 Å². The minimum Gasteiger partial charge on any atom is -0.436 e. The Morgan fingerprint density at radius 3 is 0.980 bits per heavy atom. The van der Waals surface area contributed by atoms with Crippen LogP contribution in [0.3, 0.4) is 0 Å². The Labute approximate surface area is 293 Å². The first-order chi connectivity index (χ1) is 21.4. The van der Waals surface area contributed by atoms with Crippen LogP contribution >= 0.6 is 33.2 Å². The van der Waals surface area contributed by atoms with E-state index in [0.29, 0.717) is 0 Å². The lowest BCUT2D eigenvalue weighted by Gasteiger charge is -2.45. The molecule has 302 valence electrons. The van der Waals surface area contributed by atoms with Crippen LogP contribution in [0, 0.1) is 0 Å². The molecule has 0 bridgehead atoms. The molecule has 3 atom stereocenters. The standard InChI is InChI=1S/C20H31Cl3F18O4Si5/c1-46(2,10-6-14(24,25)18(35,36)19(37,38)20(39,40)41)42-47(3,11-7-15(26,27)28)43-48(4,12-8-16(29,30)31)44-49(5,45-50(21,22)23)13-9-17(32,33)34/h6-13H2,1-5H3. The monoisotopic (exact) mass is 922 g/mol. The lowest BCUT2D eigenvalue weighted by Crippen LogP contribution is -2.62. The summed E-state index contributed by atoms with van der Waals surface area (Å²) >= 11 is 17.0. The fourth-order valence-electron chi connectivity index (χ4n) is 4.29. The van der Waals surface area contributed by atoms with E-state index in [4.69, 9.17) is 49.7 Å². The number of rotatable bonds is 19. The highest BCUT2D eigenvalue weighted by Crippen LogP contribution is 2.55. The van der Waals surface area contributed by atoms with Gasteiger partial charge in [0.2, 0.25) is 0 Å². The van der Waals surface area contributed by atoms with Crippen molar-refractivity contribution in [2.45, 2.75) is 125 Å². The second kappa shape index (κ2) is 16.3. The zero-order chi connectivity index (χ0) is 40.5. The van der Waals surface area contributed by atoms with Crippen LogP contribution in [-0.2, 0) is 16.5 Å². The molecule has 0 saturated carbocycles. The Hall–Kier alpha value is 0.534. The maximum atomic E-state index is 14.3. The van der Waals surface area contributed by atoms with Gasteiger partial charge in [0.15, 0.2) is 8.32 Å². The van der Waals surface area contributed by atoms with Crippen molar-refractivity contribution in [1.29, 1.82) is 0 Å². The predicted octanol–water partition coefficient (Wildman–Crippen LogP) is 12.3. The third-order valence-corrected chi connectivity index (χ3v) is 27.0. The molecule has 0 aliphatic carbocycles. The van der Waals surface area contributed by atoms with Crippen molar-refractivity contribution in [1.82, 2.24) is 0 Å². The number of hydrogen-bond donors (Lipinski definition) is 0. The van der Waals surface area contributed by atoms with Crippen LogP contribution < -0.4 is 0 Å². The second-order valence-electron chi connectivity index (χ2n) is 12.2. The van der Waals surface area contributed by atoms with Gasteiger partial charge in [-0.3, -0.25) is 0 Å². The summed E-state index contributed by atoms with van der Waals surface area (Å²) in [6, 6.07) is -5.11. The van der Waals surface area contributed by atoms with Crippen molar-refractivity contribution >= 4 is 73.5 Å². The van der Waals surface area contributed by atoms with Gasteiger partial charge in [0.05, 0.1) is 0 Å². The Morgan fingerprint density at radius 2 is 0.700 bits per heavy atom. The van der Waals surface area contributed by atoms with E-state index in [1.54, 1.807) is 0 Å². The summed E-state index contributed by atoms with van der Waals surface area (Å²) in [5, 5.41) is 0. The Balaban J connectivity index is 6.87. The molecular weight excluding hydrogens is 893 g/mol. The quantitative estimate of drug-likeness (QED) is 0.0735. The minimum atomic E-state index is -7.24. The molecule has 0 radical (unpaired) electrons. The summed E-state index contributed by atoms with van der Waals surface area (Å²) in [4.78, 5) is 0. The lowest BCUT2D eigenvalue weighted by atomic mass is 10.0. The van der Waals surface area contributed by atoms with E-state index in [1.165, 1.54) is 0 Å². The highest BCUT2D eigenvalue weighted by atomic mass is 35.8. The third-order valence-electron chi connectivity index (χ3n) is 6.53. The van der Waals surface area contributed by atoms with Gasteiger partial charge in [-0.05, 0) is 56.9 Å². The molecule has 0 heterocycles. The molecule has 30 heteroatoms. The van der Waals surface area contributed by atoms with Crippen LogP contribution in [0.25, 0.3) is 0 Å². The van der Waals surface area contributed by atoms with Gasteiger partial charge >= 0.3 is 74.4 Å². The summed E-state index contributed by atoms with van der Waals surface area (Å²) in [6.07, 6.45) is -34.4. The fourth-order valence-corrected chi connectivity index (χ4v) is 30.3. The van der Waals surface area contributed by atoms with E-state index in [9.17, 15) is 79.0 Å². The molecule has 0 rings (SSSR count). The van der Waals surface area contributed by atoms with Crippen LogP contribution in [0.4, 0.5) is 79.0 Å². The third kappa shape index (κ3) is 17.3. The summed E-state index contributed by atoms with van der Waals surface area (Å²) < 4.78 is 262. The maximum Gasteiger partial charge on any atom is 0.485 e. The Morgan fingerprint density at radius 1 is 0.400 bits per heavy atom. The molecule has 3 unspecified atom stereocenters. The average Bonchev–Trinajstić information content (AvgIpc) is 2.80. The lowest BCUT2D eigenvalue weighted by molar-refractivity contribution is -0.396. The van der Waals surface area contributed by atoms with Gasteiger partial charge in [-0.1, -0.05) is 33.2 Å². The van der Waals surface area contributed by atoms with E-state index < -0.39 is 133 Å². The number of hydrogen-bond acceptors (Lipinski definition) is 4. The first kappa shape index (κ1) is 50.5.